The van der Waals surface area contributed by atoms with Crippen LogP contribution < -0.4 is 15.0 Å². The highest BCUT2D eigenvalue weighted by Crippen LogP contribution is 2.39. The summed E-state index contributed by atoms with van der Waals surface area (Å²) in [7, 11) is 1.49. The number of rotatable bonds is 5. The number of methoxy groups -OCH3 is 1. The highest BCUT2D eigenvalue weighted by atomic mass is 35.5. The summed E-state index contributed by atoms with van der Waals surface area (Å²) in [4.78, 5) is 28.3. The van der Waals surface area contributed by atoms with Crippen molar-refractivity contribution in [2.24, 2.45) is 0 Å². The molecular weight excluding hydrogens is 424 g/mol. The average molecular weight is 447 g/mol. The van der Waals surface area contributed by atoms with E-state index in [0.717, 1.165) is 27.3 Å². The first-order valence-electron chi connectivity index (χ1n) is 10.2. The van der Waals surface area contributed by atoms with Crippen molar-refractivity contribution in [3.8, 4) is 5.75 Å². The summed E-state index contributed by atoms with van der Waals surface area (Å²) < 4.78 is 5.41. The summed E-state index contributed by atoms with van der Waals surface area (Å²) in [6, 6.07) is 18.3. The van der Waals surface area contributed by atoms with Crippen molar-refractivity contribution >= 4 is 40.4 Å². The Morgan fingerprint density at radius 1 is 0.812 bits per heavy atom. The Balaban J connectivity index is 1.87. The molecule has 5 nitrogen and oxygen atoms in total. The number of imide groups is 1. The lowest BCUT2D eigenvalue weighted by Crippen LogP contribution is -2.32. The van der Waals surface area contributed by atoms with E-state index in [1.54, 1.807) is 18.2 Å². The SMILES string of the molecule is COc1ccc(Cl)cc1N1C(=O)C(Nc2cc(C)cc(C)c2)=C(c2ccc(C)cc2)C1=O. The number of aryl methyl sites for hydroxylation is 3. The zero-order chi connectivity index (χ0) is 23.0. The van der Waals surface area contributed by atoms with E-state index in [1.165, 1.54) is 7.11 Å². The van der Waals surface area contributed by atoms with Crippen molar-refractivity contribution < 1.29 is 14.3 Å². The zero-order valence-electron chi connectivity index (χ0n) is 18.3. The normalized spacial score (nSPS) is 13.7. The summed E-state index contributed by atoms with van der Waals surface area (Å²) in [5.74, 6) is -0.524. The van der Waals surface area contributed by atoms with Gasteiger partial charge >= 0.3 is 0 Å². The maximum atomic E-state index is 13.6. The van der Waals surface area contributed by atoms with Gasteiger partial charge in [0.15, 0.2) is 0 Å². The Morgan fingerprint density at radius 3 is 2.09 bits per heavy atom. The predicted octanol–water partition coefficient (Wildman–Crippen LogP) is 5.67. The first-order valence-corrected chi connectivity index (χ1v) is 10.5. The maximum Gasteiger partial charge on any atom is 0.282 e. The van der Waals surface area contributed by atoms with Crippen molar-refractivity contribution in [3.63, 3.8) is 0 Å². The Morgan fingerprint density at radius 2 is 1.47 bits per heavy atom. The number of ether oxygens (including phenoxy) is 1. The molecule has 32 heavy (non-hydrogen) atoms. The third-order valence-corrected chi connectivity index (χ3v) is 5.53. The lowest BCUT2D eigenvalue weighted by atomic mass is 10.0. The molecule has 1 aliphatic rings. The topological polar surface area (TPSA) is 58.6 Å². The Bertz CT molecular complexity index is 1240. The Hall–Kier alpha value is -3.57. The van der Waals surface area contributed by atoms with Gasteiger partial charge in [0.05, 0.1) is 18.4 Å². The standard InChI is InChI=1S/C26H23ClN2O3/c1-15-5-7-18(8-6-15)23-24(28-20-12-16(2)11-17(3)13-20)26(31)29(25(23)30)21-14-19(27)9-10-22(21)32-4/h5-14,28H,1-4H3. The molecule has 0 unspecified atom stereocenters. The number of anilines is 2. The third-order valence-electron chi connectivity index (χ3n) is 5.30. The van der Waals surface area contributed by atoms with Crippen LogP contribution in [-0.2, 0) is 9.59 Å². The largest absolute Gasteiger partial charge is 0.495 e. The maximum absolute atomic E-state index is 13.6. The molecule has 162 valence electrons. The van der Waals surface area contributed by atoms with Crippen LogP contribution in [0.25, 0.3) is 5.57 Å². The van der Waals surface area contributed by atoms with Gasteiger partial charge in [-0.1, -0.05) is 47.5 Å². The first kappa shape index (κ1) is 21.7. The van der Waals surface area contributed by atoms with Gasteiger partial charge in [-0.3, -0.25) is 9.59 Å². The molecule has 0 fully saturated rings. The van der Waals surface area contributed by atoms with Crippen molar-refractivity contribution in [1.82, 2.24) is 0 Å². The molecule has 0 spiro atoms. The number of benzene rings is 3. The molecule has 0 bridgehead atoms. The summed E-state index contributed by atoms with van der Waals surface area (Å²) in [6.07, 6.45) is 0. The number of halogens is 1. The average Bonchev–Trinajstić information content (AvgIpc) is 2.97. The monoisotopic (exact) mass is 446 g/mol. The number of carbonyl (C=O) groups excluding carboxylic acids is 2. The van der Waals surface area contributed by atoms with Crippen LogP contribution in [0.15, 0.2) is 66.4 Å². The quantitative estimate of drug-likeness (QED) is 0.513. The number of nitrogens with one attached hydrogen (secondary N) is 1. The number of hydrogen-bond donors (Lipinski definition) is 1. The van der Waals surface area contributed by atoms with Gasteiger partial charge < -0.3 is 10.1 Å². The van der Waals surface area contributed by atoms with Crippen LogP contribution in [-0.4, -0.2) is 18.9 Å². The van der Waals surface area contributed by atoms with Crippen LogP contribution in [0.4, 0.5) is 11.4 Å². The van der Waals surface area contributed by atoms with Crippen LogP contribution in [0.1, 0.15) is 22.3 Å². The fourth-order valence-electron chi connectivity index (χ4n) is 3.88. The molecule has 0 saturated carbocycles. The van der Waals surface area contributed by atoms with E-state index in [9.17, 15) is 9.59 Å². The third kappa shape index (κ3) is 3.99. The number of amides is 2. The molecule has 1 heterocycles. The van der Waals surface area contributed by atoms with Crippen molar-refractivity contribution in [2.75, 3.05) is 17.3 Å². The van der Waals surface area contributed by atoms with Gasteiger partial charge in [0.2, 0.25) is 0 Å². The minimum Gasteiger partial charge on any atom is -0.495 e. The molecule has 0 saturated heterocycles. The van der Waals surface area contributed by atoms with E-state index >= 15 is 0 Å². The van der Waals surface area contributed by atoms with Crippen LogP contribution >= 0.6 is 11.6 Å². The minimum atomic E-state index is -0.467. The highest BCUT2D eigenvalue weighted by molar-refractivity contribution is 6.46. The molecule has 3 aromatic carbocycles. The van der Waals surface area contributed by atoms with Gasteiger partial charge in [-0.05, 0) is 67.8 Å². The second-order valence-electron chi connectivity index (χ2n) is 7.88. The van der Waals surface area contributed by atoms with Crippen LogP contribution in [0, 0.1) is 20.8 Å². The summed E-state index contributed by atoms with van der Waals surface area (Å²) in [5.41, 5.74) is 5.37. The van der Waals surface area contributed by atoms with E-state index in [0.29, 0.717) is 27.6 Å². The van der Waals surface area contributed by atoms with E-state index < -0.39 is 11.8 Å². The Kier molecular flexibility index (Phi) is 5.76. The van der Waals surface area contributed by atoms with Crippen LogP contribution in [0.2, 0.25) is 5.02 Å². The molecular formula is C26H23ClN2O3. The van der Waals surface area contributed by atoms with Gasteiger partial charge in [0.25, 0.3) is 11.8 Å². The molecule has 2 amide bonds. The smallest absolute Gasteiger partial charge is 0.282 e. The molecule has 1 N–H and O–H groups in total. The lowest BCUT2D eigenvalue weighted by Gasteiger charge is -2.18. The van der Waals surface area contributed by atoms with E-state index in [2.05, 4.69) is 5.32 Å². The molecule has 6 heteroatoms. The summed E-state index contributed by atoms with van der Waals surface area (Å²) in [6.45, 7) is 5.94. The van der Waals surface area contributed by atoms with Gasteiger partial charge in [0.1, 0.15) is 11.4 Å². The molecule has 0 atom stereocenters. The molecule has 3 aromatic rings. The summed E-state index contributed by atoms with van der Waals surface area (Å²) >= 11 is 6.19. The fraction of sp³-hybridized carbons (Fsp3) is 0.154. The molecule has 0 aliphatic carbocycles. The van der Waals surface area contributed by atoms with Crippen LogP contribution in [0.5, 0.6) is 5.75 Å². The molecule has 4 rings (SSSR count). The minimum absolute atomic E-state index is 0.214. The van der Waals surface area contributed by atoms with Crippen molar-refractivity contribution in [2.45, 2.75) is 20.8 Å². The van der Waals surface area contributed by atoms with E-state index in [-0.39, 0.29) is 5.70 Å². The van der Waals surface area contributed by atoms with Gasteiger partial charge in [-0.2, -0.15) is 0 Å². The predicted molar refractivity (Wildman–Crippen MR) is 128 cm³/mol. The van der Waals surface area contributed by atoms with Gasteiger partial charge in [0, 0.05) is 10.7 Å². The number of hydrogen-bond acceptors (Lipinski definition) is 4. The van der Waals surface area contributed by atoms with Gasteiger partial charge in [-0.15, -0.1) is 0 Å². The van der Waals surface area contributed by atoms with E-state index in [4.69, 9.17) is 16.3 Å². The second-order valence-corrected chi connectivity index (χ2v) is 8.32. The number of nitrogens with zero attached hydrogens (tertiary/aromatic N) is 1. The van der Waals surface area contributed by atoms with Crippen LogP contribution in [0.3, 0.4) is 0 Å². The van der Waals surface area contributed by atoms with Crippen molar-refractivity contribution in [3.05, 3.63) is 93.6 Å². The molecule has 0 aromatic heterocycles. The highest BCUT2D eigenvalue weighted by Gasteiger charge is 2.41. The molecule has 0 radical (unpaired) electrons. The van der Waals surface area contributed by atoms with Crippen molar-refractivity contribution in [1.29, 1.82) is 0 Å². The van der Waals surface area contributed by atoms with Gasteiger partial charge in [-0.25, -0.2) is 4.90 Å². The second kappa shape index (κ2) is 8.52. The first-order chi connectivity index (χ1) is 15.3. The van der Waals surface area contributed by atoms with E-state index in [1.807, 2.05) is 63.2 Å². The lowest BCUT2D eigenvalue weighted by molar-refractivity contribution is -0.120. The fourth-order valence-corrected chi connectivity index (χ4v) is 4.05. The molecule has 1 aliphatic heterocycles. The Labute approximate surface area is 192 Å². The summed E-state index contributed by atoms with van der Waals surface area (Å²) in [5, 5.41) is 3.61. The zero-order valence-corrected chi connectivity index (χ0v) is 19.1. The number of carbonyl (C=O) groups is 2.